The topological polar surface area (TPSA) is 40.6 Å². The number of halogens is 5. The Balaban J connectivity index is 1.58. The number of carbonyl (C=O) groups is 2. The average molecular weight is 538 g/mol. The number of hydrogen-bond donors (Lipinski definition) is 0. The number of alkyl halides is 4. The number of hydrogen-bond acceptors (Lipinski definition) is 2. The Kier molecular flexibility index (Phi) is 5.31. The molecule has 38 heavy (non-hydrogen) atoms. The van der Waals surface area contributed by atoms with Gasteiger partial charge in [0.2, 0.25) is 17.5 Å². The molecular weight excluding hydrogens is 503 g/mol. The van der Waals surface area contributed by atoms with Gasteiger partial charge in [-0.1, -0.05) is 30.3 Å². The van der Waals surface area contributed by atoms with Gasteiger partial charge in [-0.05, 0) is 80.3 Å². The van der Waals surface area contributed by atoms with Crippen LogP contribution >= 0.6 is 0 Å². The molecule has 0 bridgehead atoms. The van der Waals surface area contributed by atoms with Gasteiger partial charge in [0, 0.05) is 35.5 Å². The molecule has 204 valence electrons. The minimum absolute atomic E-state index is 0.0453. The predicted octanol–water partition coefficient (Wildman–Crippen LogP) is 5.61. The highest BCUT2D eigenvalue weighted by Crippen LogP contribution is 2.52. The van der Waals surface area contributed by atoms with E-state index in [2.05, 4.69) is 0 Å². The third kappa shape index (κ3) is 3.92. The lowest BCUT2D eigenvalue weighted by Crippen LogP contribution is -2.58. The number of likely N-dealkylation sites (tertiary alicyclic amines) is 2. The van der Waals surface area contributed by atoms with E-state index in [0.717, 1.165) is 11.6 Å². The molecule has 0 N–H and O–H groups in total. The molecule has 2 saturated heterocycles. The van der Waals surface area contributed by atoms with Crippen LogP contribution in [-0.4, -0.2) is 52.9 Å². The van der Waals surface area contributed by atoms with Crippen LogP contribution in [0.2, 0.25) is 0 Å². The molecule has 3 aliphatic rings. The lowest BCUT2D eigenvalue weighted by atomic mass is 9.63. The molecule has 0 aromatic heterocycles. The summed E-state index contributed by atoms with van der Waals surface area (Å²) in [4.78, 5) is 29.0. The maximum Gasteiger partial charge on any atom is 0.426 e. The van der Waals surface area contributed by atoms with E-state index in [0.29, 0.717) is 42.2 Å². The van der Waals surface area contributed by atoms with E-state index >= 15 is 0 Å². The fourth-order valence-electron chi connectivity index (χ4n) is 6.59. The van der Waals surface area contributed by atoms with E-state index in [4.69, 9.17) is 4.11 Å². The molecular formula is C29H31F5N2O2. The van der Waals surface area contributed by atoms with E-state index < -0.39 is 59.0 Å². The van der Waals surface area contributed by atoms with Gasteiger partial charge in [-0.2, -0.15) is 13.2 Å². The van der Waals surface area contributed by atoms with Gasteiger partial charge >= 0.3 is 6.18 Å². The minimum atomic E-state index is -5.11. The first-order chi connectivity index (χ1) is 18.9. The van der Waals surface area contributed by atoms with Crippen LogP contribution in [0.3, 0.4) is 0 Å². The van der Waals surface area contributed by atoms with Crippen molar-refractivity contribution in [3.8, 4) is 0 Å². The van der Waals surface area contributed by atoms with Crippen LogP contribution in [0, 0.1) is 5.82 Å². The first-order valence-corrected chi connectivity index (χ1v) is 12.7. The summed E-state index contributed by atoms with van der Waals surface area (Å²) < 4.78 is 92.9. The van der Waals surface area contributed by atoms with Gasteiger partial charge < -0.3 is 9.80 Å². The van der Waals surface area contributed by atoms with Crippen molar-refractivity contribution in [2.75, 3.05) is 13.5 Å². The Bertz CT molecular complexity index is 1380. The van der Waals surface area contributed by atoms with Crippen molar-refractivity contribution >= 4 is 11.8 Å². The van der Waals surface area contributed by atoms with Crippen LogP contribution < -0.4 is 0 Å². The molecule has 5 rings (SSSR count). The van der Waals surface area contributed by atoms with E-state index in [-0.39, 0.29) is 25.8 Å². The highest BCUT2D eigenvalue weighted by molar-refractivity contribution is 5.94. The van der Waals surface area contributed by atoms with E-state index in [1.807, 2.05) is 0 Å². The molecule has 2 aromatic rings. The Morgan fingerprint density at radius 1 is 1.11 bits per heavy atom. The van der Waals surface area contributed by atoms with Crippen LogP contribution in [-0.2, 0) is 33.5 Å². The van der Waals surface area contributed by atoms with Crippen molar-refractivity contribution in [1.29, 1.82) is 0 Å². The Labute approximate surface area is 223 Å². The number of benzene rings is 2. The van der Waals surface area contributed by atoms with Gasteiger partial charge in [0.15, 0.2) is 0 Å². The molecule has 9 heteroatoms. The van der Waals surface area contributed by atoms with E-state index in [1.54, 1.807) is 17.0 Å². The summed E-state index contributed by atoms with van der Waals surface area (Å²) in [5, 5.41) is 0. The number of carbonyl (C=O) groups excluding carboxylic acids is 2. The van der Waals surface area contributed by atoms with Gasteiger partial charge in [0.1, 0.15) is 11.4 Å². The zero-order chi connectivity index (χ0) is 30.2. The monoisotopic (exact) mass is 537 g/mol. The molecule has 2 fully saturated rings. The highest BCUT2D eigenvalue weighted by atomic mass is 19.4. The molecule has 2 aliphatic heterocycles. The third-order valence-corrected chi connectivity index (χ3v) is 8.94. The predicted molar refractivity (Wildman–Crippen MR) is 132 cm³/mol. The molecule has 4 nitrogen and oxygen atoms in total. The molecule has 2 heterocycles. The van der Waals surface area contributed by atoms with Crippen LogP contribution in [0.4, 0.5) is 22.0 Å². The quantitative estimate of drug-likeness (QED) is 0.476. The van der Waals surface area contributed by atoms with Crippen LogP contribution in [0.15, 0.2) is 42.5 Å². The number of amides is 2. The second kappa shape index (κ2) is 8.78. The normalized spacial score (nSPS) is 30.2. The maximum atomic E-state index is 14.9. The Hall–Kier alpha value is -2.97. The lowest BCUT2D eigenvalue weighted by Gasteiger charge is -2.46. The number of fused-ring (bicyclic) bond motifs is 3. The van der Waals surface area contributed by atoms with Gasteiger partial charge in [-0.25, -0.2) is 8.78 Å². The second-order valence-electron chi connectivity index (χ2n) is 11.1. The molecule has 2 unspecified atom stereocenters. The molecule has 0 saturated carbocycles. The van der Waals surface area contributed by atoms with Crippen molar-refractivity contribution in [2.45, 2.75) is 81.2 Å². The van der Waals surface area contributed by atoms with E-state index in [1.165, 1.54) is 31.2 Å². The molecule has 1 aliphatic carbocycles. The number of rotatable bonds is 4. The summed E-state index contributed by atoms with van der Waals surface area (Å²) in [6.45, 7) is -0.621. The van der Waals surface area contributed by atoms with Gasteiger partial charge in [-0.3, -0.25) is 9.59 Å². The Morgan fingerprint density at radius 2 is 1.82 bits per heavy atom. The lowest BCUT2D eigenvalue weighted by molar-refractivity contribution is -0.228. The second-order valence-corrected chi connectivity index (χ2v) is 11.1. The SMILES string of the molecule is [2H]C([2H])([2H])N1C(=O)CCC1(C)C(=O)N1CC[C@@]2(Cc3ccc(F)cc3)c3ccc(C(C)(F)C(F)(F)F)cc3CC[C@@H]12. The van der Waals surface area contributed by atoms with Gasteiger partial charge in [0.25, 0.3) is 0 Å². The first kappa shape index (κ1) is 23.0. The largest absolute Gasteiger partial charge is 0.426 e. The standard InChI is InChI=1S/C29H31F5N2O2/c1-26(13-12-24(37)35(26)3)25(38)36-15-14-28(17-18-4-8-21(30)9-5-18)22-10-7-20(27(2,31)29(32,33)34)16-19(22)6-11-23(28)36/h4-5,7-10,16,23H,6,11-15,17H2,1-3H3/t23-,26?,27?,28-/m1/s1/i3D3. The van der Waals surface area contributed by atoms with Crippen molar-refractivity contribution in [2.24, 2.45) is 0 Å². The van der Waals surface area contributed by atoms with Crippen molar-refractivity contribution < 1.29 is 35.7 Å². The smallest absolute Gasteiger partial charge is 0.337 e. The fourth-order valence-corrected chi connectivity index (χ4v) is 6.59. The van der Waals surface area contributed by atoms with Crippen LogP contribution in [0.1, 0.15) is 65.9 Å². The maximum absolute atomic E-state index is 14.9. The van der Waals surface area contributed by atoms with Crippen molar-refractivity contribution in [3.05, 3.63) is 70.5 Å². The van der Waals surface area contributed by atoms with Gasteiger partial charge in [0.05, 0.1) is 0 Å². The molecule has 2 amide bonds. The fraction of sp³-hybridized carbons (Fsp3) is 0.517. The molecule has 0 radical (unpaired) electrons. The third-order valence-electron chi connectivity index (χ3n) is 8.94. The zero-order valence-corrected chi connectivity index (χ0v) is 21.2. The number of aryl methyl sites for hydroxylation is 1. The number of likely N-dealkylation sites (N-methyl/N-ethyl adjacent to an activating group) is 1. The van der Waals surface area contributed by atoms with Crippen molar-refractivity contribution in [3.63, 3.8) is 0 Å². The summed E-state index contributed by atoms with van der Waals surface area (Å²) in [6.07, 6.45) is -3.79. The highest BCUT2D eigenvalue weighted by Gasteiger charge is 2.58. The van der Waals surface area contributed by atoms with Crippen LogP contribution in [0.25, 0.3) is 0 Å². The summed E-state index contributed by atoms with van der Waals surface area (Å²) >= 11 is 0. The summed E-state index contributed by atoms with van der Waals surface area (Å²) in [6, 6.07) is 9.28. The average Bonchev–Trinajstić information content (AvgIpc) is 3.41. The number of nitrogens with zero attached hydrogens (tertiary/aromatic N) is 2. The van der Waals surface area contributed by atoms with Gasteiger partial charge in [-0.15, -0.1) is 0 Å². The molecule has 2 aromatic carbocycles. The van der Waals surface area contributed by atoms with Crippen LogP contribution in [0.5, 0.6) is 0 Å². The minimum Gasteiger partial charge on any atom is -0.337 e. The summed E-state index contributed by atoms with van der Waals surface area (Å²) in [7, 11) is 0. The zero-order valence-electron chi connectivity index (χ0n) is 24.2. The first-order valence-electron chi connectivity index (χ1n) is 14.2. The summed E-state index contributed by atoms with van der Waals surface area (Å²) in [5.74, 6) is -1.55. The van der Waals surface area contributed by atoms with E-state index in [9.17, 15) is 31.5 Å². The van der Waals surface area contributed by atoms with Crippen molar-refractivity contribution in [1.82, 2.24) is 9.80 Å². The Morgan fingerprint density at radius 3 is 2.47 bits per heavy atom. The molecule has 4 atom stereocenters. The summed E-state index contributed by atoms with van der Waals surface area (Å²) in [5.41, 5.74) is -4.45. The molecule has 0 spiro atoms.